The van der Waals surface area contributed by atoms with Gasteiger partial charge in [0.1, 0.15) is 0 Å². The molecule has 0 atom stereocenters. The van der Waals surface area contributed by atoms with Gasteiger partial charge in [-0.3, -0.25) is 4.79 Å². The molecule has 0 amide bonds. The number of aryl methyl sites for hydroxylation is 2. The van der Waals surface area contributed by atoms with Crippen molar-refractivity contribution in [2.75, 3.05) is 5.32 Å². The zero-order valence-electron chi connectivity index (χ0n) is 11.1. The highest BCUT2D eigenvalue weighted by Gasteiger charge is 2.10. The van der Waals surface area contributed by atoms with Crippen molar-refractivity contribution in [1.29, 1.82) is 0 Å². The van der Waals surface area contributed by atoms with Crippen molar-refractivity contribution in [2.45, 2.75) is 32.1 Å². The number of thiazole rings is 1. The number of benzene rings is 1. The minimum absolute atomic E-state index is 0.0254. The second kappa shape index (κ2) is 5.63. The maximum atomic E-state index is 10.6. The van der Waals surface area contributed by atoms with Crippen molar-refractivity contribution < 1.29 is 9.90 Å². The van der Waals surface area contributed by atoms with E-state index < -0.39 is 5.97 Å². The van der Waals surface area contributed by atoms with Crippen LogP contribution >= 0.6 is 11.3 Å². The normalized spacial score (nSPS) is 13.8. The van der Waals surface area contributed by atoms with Crippen LogP contribution in [0.4, 0.5) is 10.8 Å². The Kier molecular flexibility index (Phi) is 3.69. The van der Waals surface area contributed by atoms with E-state index in [1.807, 2.05) is 0 Å². The van der Waals surface area contributed by atoms with Crippen molar-refractivity contribution in [3.8, 4) is 0 Å². The van der Waals surface area contributed by atoms with Gasteiger partial charge in [-0.25, -0.2) is 4.98 Å². The molecule has 0 unspecified atom stereocenters. The second-order valence-corrected chi connectivity index (χ2v) is 5.89. The lowest BCUT2D eigenvalue weighted by atomic mass is 9.91. The molecule has 4 nitrogen and oxygen atoms in total. The highest BCUT2D eigenvalue weighted by molar-refractivity contribution is 7.13. The lowest BCUT2D eigenvalue weighted by Gasteiger charge is -2.16. The van der Waals surface area contributed by atoms with Crippen LogP contribution in [0.25, 0.3) is 0 Å². The Balaban J connectivity index is 1.74. The molecule has 0 saturated carbocycles. The predicted octanol–water partition coefficient (Wildman–Crippen LogP) is 3.39. The quantitative estimate of drug-likeness (QED) is 0.905. The Morgan fingerprint density at radius 1 is 1.30 bits per heavy atom. The fraction of sp³-hybridized carbons (Fsp3) is 0.333. The first-order valence-corrected chi connectivity index (χ1v) is 7.64. The van der Waals surface area contributed by atoms with Gasteiger partial charge in [-0.15, -0.1) is 11.3 Å². The summed E-state index contributed by atoms with van der Waals surface area (Å²) in [6.45, 7) is 0. The van der Waals surface area contributed by atoms with Gasteiger partial charge in [0.25, 0.3) is 0 Å². The Hall–Kier alpha value is -1.88. The summed E-state index contributed by atoms with van der Waals surface area (Å²) in [6.07, 6.45) is 4.84. The number of rotatable bonds is 4. The standard InChI is InChI=1S/C15H16N2O2S/c18-14(19)8-13-9-20-15(17-13)16-12-6-5-10-3-1-2-4-11(10)7-12/h5-7,9H,1-4,8H2,(H,16,17)(H,18,19). The van der Waals surface area contributed by atoms with Crippen molar-refractivity contribution >= 4 is 28.1 Å². The molecule has 5 heteroatoms. The molecule has 2 N–H and O–H groups in total. The minimum atomic E-state index is -0.851. The van der Waals surface area contributed by atoms with Crippen molar-refractivity contribution in [1.82, 2.24) is 4.98 Å². The van der Waals surface area contributed by atoms with Crippen molar-refractivity contribution in [3.05, 3.63) is 40.4 Å². The van der Waals surface area contributed by atoms with Crippen LogP contribution in [0.1, 0.15) is 29.7 Å². The van der Waals surface area contributed by atoms with E-state index in [1.165, 1.54) is 41.7 Å². The monoisotopic (exact) mass is 288 g/mol. The first-order chi connectivity index (χ1) is 9.70. The summed E-state index contributed by atoms with van der Waals surface area (Å²) >= 11 is 1.44. The van der Waals surface area contributed by atoms with Crippen LogP contribution < -0.4 is 5.32 Å². The maximum Gasteiger partial charge on any atom is 0.309 e. The number of fused-ring (bicyclic) bond motifs is 1. The molecule has 1 heterocycles. The largest absolute Gasteiger partial charge is 0.481 e. The van der Waals surface area contributed by atoms with Gasteiger partial charge in [-0.05, 0) is 48.9 Å². The molecular weight excluding hydrogens is 272 g/mol. The zero-order valence-corrected chi connectivity index (χ0v) is 11.9. The molecule has 1 aliphatic carbocycles. The number of aromatic nitrogens is 1. The molecule has 0 aliphatic heterocycles. The molecule has 1 aliphatic rings. The van der Waals surface area contributed by atoms with Gasteiger partial charge < -0.3 is 10.4 Å². The van der Waals surface area contributed by atoms with Crippen LogP contribution in [0.15, 0.2) is 23.6 Å². The van der Waals surface area contributed by atoms with Crippen LogP contribution in [0.3, 0.4) is 0 Å². The lowest BCUT2D eigenvalue weighted by Crippen LogP contribution is -2.03. The van der Waals surface area contributed by atoms with Crippen LogP contribution in [0.5, 0.6) is 0 Å². The molecule has 1 aromatic heterocycles. The van der Waals surface area contributed by atoms with Gasteiger partial charge in [-0.1, -0.05) is 6.07 Å². The van der Waals surface area contributed by atoms with E-state index in [0.717, 1.165) is 17.2 Å². The van der Waals surface area contributed by atoms with E-state index in [4.69, 9.17) is 5.11 Å². The van der Waals surface area contributed by atoms with Crippen molar-refractivity contribution in [2.24, 2.45) is 0 Å². The Bertz CT molecular complexity index is 637. The smallest absolute Gasteiger partial charge is 0.309 e. The van der Waals surface area contributed by atoms with Gasteiger partial charge in [0, 0.05) is 11.1 Å². The molecule has 2 aromatic rings. The third-order valence-corrected chi connectivity index (χ3v) is 4.29. The Labute approximate surface area is 121 Å². The number of nitrogens with zero attached hydrogens (tertiary/aromatic N) is 1. The van der Waals surface area contributed by atoms with Gasteiger partial charge in [-0.2, -0.15) is 0 Å². The van der Waals surface area contributed by atoms with Crippen LogP contribution in [0, 0.1) is 0 Å². The predicted molar refractivity (Wildman–Crippen MR) is 79.8 cm³/mol. The van der Waals surface area contributed by atoms with E-state index >= 15 is 0 Å². The number of hydrogen-bond acceptors (Lipinski definition) is 4. The summed E-state index contributed by atoms with van der Waals surface area (Å²) < 4.78 is 0. The Morgan fingerprint density at radius 3 is 2.90 bits per heavy atom. The zero-order chi connectivity index (χ0) is 13.9. The number of hydrogen-bond donors (Lipinski definition) is 2. The second-order valence-electron chi connectivity index (χ2n) is 5.03. The highest BCUT2D eigenvalue weighted by atomic mass is 32.1. The number of nitrogens with one attached hydrogen (secondary N) is 1. The summed E-state index contributed by atoms with van der Waals surface area (Å²) in [7, 11) is 0. The fourth-order valence-electron chi connectivity index (χ4n) is 2.54. The third-order valence-electron chi connectivity index (χ3n) is 3.48. The SMILES string of the molecule is O=C(O)Cc1csc(Nc2ccc3c(c2)CCCC3)n1. The minimum Gasteiger partial charge on any atom is -0.481 e. The molecule has 20 heavy (non-hydrogen) atoms. The van der Waals surface area contributed by atoms with E-state index in [2.05, 4.69) is 28.5 Å². The summed E-state index contributed by atoms with van der Waals surface area (Å²) in [5.41, 5.74) is 4.50. The van der Waals surface area contributed by atoms with Crippen LogP contribution in [-0.4, -0.2) is 16.1 Å². The topological polar surface area (TPSA) is 62.2 Å². The van der Waals surface area contributed by atoms with Gasteiger partial charge >= 0.3 is 5.97 Å². The van der Waals surface area contributed by atoms with Crippen LogP contribution in [-0.2, 0) is 24.1 Å². The summed E-state index contributed by atoms with van der Waals surface area (Å²) in [4.78, 5) is 14.9. The number of aliphatic carboxylic acids is 1. The molecular formula is C15H16N2O2S. The van der Waals surface area contributed by atoms with Crippen molar-refractivity contribution in [3.63, 3.8) is 0 Å². The maximum absolute atomic E-state index is 10.6. The first kappa shape index (κ1) is 13.1. The molecule has 0 radical (unpaired) electrons. The summed E-state index contributed by atoms with van der Waals surface area (Å²) in [5, 5.41) is 14.5. The molecule has 0 spiro atoms. The first-order valence-electron chi connectivity index (χ1n) is 6.76. The van der Waals surface area contributed by atoms with Gasteiger partial charge in [0.2, 0.25) is 0 Å². The number of carbonyl (C=O) groups is 1. The highest BCUT2D eigenvalue weighted by Crippen LogP contribution is 2.27. The average molecular weight is 288 g/mol. The molecule has 1 aromatic carbocycles. The third kappa shape index (κ3) is 2.99. The molecule has 3 rings (SSSR count). The molecule has 0 bridgehead atoms. The molecule has 0 saturated heterocycles. The summed E-state index contributed by atoms with van der Waals surface area (Å²) in [5.74, 6) is -0.851. The number of carboxylic acids is 1. The molecule has 104 valence electrons. The van der Waals surface area contributed by atoms with E-state index in [1.54, 1.807) is 5.38 Å². The number of carboxylic acid groups (broad SMARTS) is 1. The number of anilines is 2. The lowest BCUT2D eigenvalue weighted by molar-refractivity contribution is -0.136. The average Bonchev–Trinajstić information content (AvgIpc) is 2.85. The summed E-state index contributed by atoms with van der Waals surface area (Å²) in [6, 6.07) is 6.44. The van der Waals surface area contributed by atoms with E-state index in [9.17, 15) is 4.79 Å². The van der Waals surface area contributed by atoms with Crippen LogP contribution in [0.2, 0.25) is 0 Å². The molecule has 0 fully saturated rings. The Morgan fingerprint density at radius 2 is 2.10 bits per heavy atom. The van der Waals surface area contributed by atoms with Gasteiger partial charge in [0.05, 0.1) is 12.1 Å². The van der Waals surface area contributed by atoms with E-state index in [0.29, 0.717) is 5.69 Å². The van der Waals surface area contributed by atoms with Gasteiger partial charge in [0.15, 0.2) is 5.13 Å². The van der Waals surface area contributed by atoms with E-state index in [-0.39, 0.29) is 6.42 Å². The fourth-order valence-corrected chi connectivity index (χ4v) is 3.27.